The molecule has 0 radical (unpaired) electrons. The Bertz CT molecular complexity index is 1170. The van der Waals surface area contributed by atoms with Gasteiger partial charge in [-0.15, -0.1) is 12.4 Å². The highest BCUT2D eigenvalue weighted by Gasteiger charge is 2.15. The SMILES string of the molecule is COc1ccc(-c2coc3c(O)c(OCC#CCN4CCOCC4)ccc3c2=O)cc1.Cl. The molecule has 0 spiro atoms. The molecule has 2 heterocycles. The monoisotopic (exact) mass is 457 g/mol. The van der Waals surface area contributed by atoms with Crippen molar-refractivity contribution in [2.24, 2.45) is 0 Å². The Balaban J connectivity index is 0.00000289. The van der Waals surface area contributed by atoms with Gasteiger partial charge in [0.2, 0.25) is 11.2 Å². The van der Waals surface area contributed by atoms with E-state index in [0.717, 1.165) is 26.3 Å². The van der Waals surface area contributed by atoms with Crippen LogP contribution >= 0.6 is 12.4 Å². The molecule has 0 saturated carbocycles. The number of phenols is 1. The molecule has 0 amide bonds. The number of aromatic hydroxyl groups is 1. The molecule has 2 aromatic carbocycles. The topological polar surface area (TPSA) is 81.4 Å². The van der Waals surface area contributed by atoms with E-state index in [0.29, 0.717) is 23.4 Å². The van der Waals surface area contributed by atoms with Crippen LogP contribution in [0.15, 0.2) is 51.9 Å². The van der Waals surface area contributed by atoms with Gasteiger partial charge in [-0.25, -0.2) is 0 Å². The highest BCUT2D eigenvalue weighted by Crippen LogP contribution is 2.34. The first kappa shape index (κ1) is 23.5. The van der Waals surface area contributed by atoms with Crippen LogP contribution in [-0.4, -0.2) is 56.6 Å². The molecule has 1 aliphatic rings. The van der Waals surface area contributed by atoms with Crippen molar-refractivity contribution >= 4 is 23.4 Å². The van der Waals surface area contributed by atoms with Crippen molar-refractivity contribution in [2.45, 2.75) is 0 Å². The van der Waals surface area contributed by atoms with E-state index in [1.165, 1.54) is 6.26 Å². The predicted octanol–water partition coefficient (Wildman–Crippen LogP) is 3.31. The molecule has 7 nitrogen and oxygen atoms in total. The van der Waals surface area contributed by atoms with Crippen LogP contribution in [0.2, 0.25) is 0 Å². The van der Waals surface area contributed by atoms with Crippen molar-refractivity contribution in [1.82, 2.24) is 4.90 Å². The number of hydrogen-bond acceptors (Lipinski definition) is 7. The maximum absolute atomic E-state index is 12.9. The summed E-state index contributed by atoms with van der Waals surface area (Å²) in [6.45, 7) is 3.98. The van der Waals surface area contributed by atoms with Crippen molar-refractivity contribution < 1.29 is 23.7 Å². The largest absolute Gasteiger partial charge is 0.502 e. The van der Waals surface area contributed by atoms with Gasteiger partial charge in [0.15, 0.2) is 11.3 Å². The molecular weight excluding hydrogens is 434 g/mol. The summed E-state index contributed by atoms with van der Waals surface area (Å²) in [5.41, 5.74) is 0.948. The molecule has 8 heteroatoms. The van der Waals surface area contributed by atoms with E-state index in [4.69, 9.17) is 18.6 Å². The first-order chi connectivity index (χ1) is 15.2. The van der Waals surface area contributed by atoms with E-state index in [9.17, 15) is 9.90 Å². The molecule has 1 N–H and O–H groups in total. The van der Waals surface area contributed by atoms with Crippen molar-refractivity contribution in [3.05, 3.63) is 52.9 Å². The van der Waals surface area contributed by atoms with Crippen LogP contribution in [0.3, 0.4) is 0 Å². The Labute approximate surface area is 191 Å². The van der Waals surface area contributed by atoms with Crippen LogP contribution in [0.4, 0.5) is 0 Å². The van der Waals surface area contributed by atoms with E-state index >= 15 is 0 Å². The summed E-state index contributed by atoms with van der Waals surface area (Å²) in [6.07, 6.45) is 1.35. The minimum atomic E-state index is -0.237. The number of hydrogen-bond donors (Lipinski definition) is 1. The predicted molar refractivity (Wildman–Crippen MR) is 124 cm³/mol. The Morgan fingerprint density at radius 3 is 2.56 bits per heavy atom. The average Bonchev–Trinajstić information content (AvgIpc) is 2.81. The molecule has 1 saturated heterocycles. The average molecular weight is 458 g/mol. The van der Waals surface area contributed by atoms with E-state index in [1.807, 2.05) is 0 Å². The summed E-state index contributed by atoms with van der Waals surface area (Å²) in [6, 6.07) is 10.2. The van der Waals surface area contributed by atoms with E-state index < -0.39 is 0 Å². The smallest absolute Gasteiger partial charge is 0.202 e. The number of ether oxygens (including phenoxy) is 3. The lowest BCUT2D eigenvalue weighted by molar-refractivity contribution is 0.0443. The number of fused-ring (bicyclic) bond motifs is 1. The fourth-order valence-corrected chi connectivity index (χ4v) is 3.35. The third-order valence-corrected chi connectivity index (χ3v) is 5.11. The highest BCUT2D eigenvalue weighted by atomic mass is 35.5. The van der Waals surface area contributed by atoms with Crippen LogP contribution in [0.25, 0.3) is 22.1 Å². The standard InChI is InChI=1S/C24H23NO6.ClH/c1-28-18-6-4-17(5-7-18)20-16-31-24-19(22(20)26)8-9-21(23(24)27)30-13-3-2-10-25-11-14-29-15-12-25;/h4-9,16,27H,10-15H2,1H3;1H. The van der Waals surface area contributed by atoms with Gasteiger partial charge >= 0.3 is 0 Å². The van der Waals surface area contributed by atoms with Crippen molar-refractivity contribution in [2.75, 3.05) is 46.6 Å². The number of halogens is 1. The molecule has 0 unspecified atom stereocenters. The summed E-state index contributed by atoms with van der Waals surface area (Å²) in [4.78, 5) is 15.1. The van der Waals surface area contributed by atoms with Gasteiger partial charge in [0, 0.05) is 13.1 Å². The number of nitrogens with zero attached hydrogens (tertiary/aromatic N) is 1. The molecule has 168 valence electrons. The highest BCUT2D eigenvalue weighted by molar-refractivity contribution is 5.87. The normalized spacial score (nSPS) is 13.7. The van der Waals surface area contributed by atoms with Crippen molar-refractivity contribution in [1.29, 1.82) is 0 Å². The number of methoxy groups -OCH3 is 1. The third-order valence-electron chi connectivity index (χ3n) is 5.11. The van der Waals surface area contributed by atoms with Crippen molar-refractivity contribution in [3.63, 3.8) is 0 Å². The molecule has 0 atom stereocenters. The number of morpholine rings is 1. The summed E-state index contributed by atoms with van der Waals surface area (Å²) >= 11 is 0. The minimum absolute atomic E-state index is 0. The zero-order valence-corrected chi connectivity index (χ0v) is 18.4. The maximum Gasteiger partial charge on any atom is 0.202 e. The van der Waals surface area contributed by atoms with Gasteiger partial charge in [0.05, 0.1) is 37.8 Å². The Kier molecular flexibility index (Phi) is 8.01. The van der Waals surface area contributed by atoms with E-state index in [1.54, 1.807) is 43.5 Å². The zero-order chi connectivity index (χ0) is 21.6. The molecule has 1 fully saturated rings. The zero-order valence-electron chi connectivity index (χ0n) is 17.6. The number of benzene rings is 2. The molecule has 4 rings (SSSR count). The van der Waals surface area contributed by atoms with Gasteiger partial charge in [-0.1, -0.05) is 24.0 Å². The summed E-state index contributed by atoms with van der Waals surface area (Å²) in [5.74, 6) is 6.69. The molecular formula is C24H24ClNO6. The first-order valence-electron chi connectivity index (χ1n) is 9.98. The van der Waals surface area contributed by atoms with Gasteiger partial charge in [0.25, 0.3) is 0 Å². The maximum atomic E-state index is 12.9. The Morgan fingerprint density at radius 2 is 1.84 bits per heavy atom. The lowest BCUT2D eigenvalue weighted by Gasteiger charge is -2.24. The molecule has 1 aliphatic heterocycles. The second kappa shape index (κ2) is 10.9. The van der Waals surface area contributed by atoms with Gasteiger partial charge in [-0.3, -0.25) is 9.69 Å². The molecule has 32 heavy (non-hydrogen) atoms. The second-order valence-corrected chi connectivity index (χ2v) is 7.03. The molecule has 0 bridgehead atoms. The lowest BCUT2D eigenvalue weighted by Crippen LogP contribution is -2.36. The third kappa shape index (κ3) is 5.17. The van der Waals surface area contributed by atoms with Gasteiger partial charge in [-0.05, 0) is 29.8 Å². The number of phenolic OH excluding ortho intramolecular Hbond substituents is 1. The quantitative estimate of drug-likeness (QED) is 0.588. The van der Waals surface area contributed by atoms with Crippen molar-refractivity contribution in [3.8, 4) is 40.2 Å². The molecule has 1 aromatic heterocycles. The molecule has 3 aromatic rings. The lowest BCUT2D eigenvalue weighted by atomic mass is 10.1. The Hall–Kier alpha value is -3.18. The Morgan fingerprint density at radius 1 is 1.09 bits per heavy atom. The summed E-state index contributed by atoms with van der Waals surface area (Å²) in [7, 11) is 1.58. The summed E-state index contributed by atoms with van der Waals surface area (Å²) in [5, 5.41) is 10.8. The minimum Gasteiger partial charge on any atom is -0.502 e. The van der Waals surface area contributed by atoms with Crippen LogP contribution in [0.1, 0.15) is 0 Å². The first-order valence-corrected chi connectivity index (χ1v) is 9.98. The van der Waals surface area contributed by atoms with Crippen LogP contribution < -0.4 is 14.9 Å². The van der Waals surface area contributed by atoms with Gasteiger partial charge in [-0.2, -0.15) is 0 Å². The van der Waals surface area contributed by atoms with Gasteiger partial charge in [0.1, 0.15) is 18.6 Å². The fourth-order valence-electron chi connectivity index (χ4n) is 3.35. The van der Waals surface area contributed by atoms with Crippen LogP contribution in [0, 0.1) is 11.8 Å². The number of rotatable bonds is 5. The van der Waals surface area contributed by atoms with Crippen LogP contribution in [0.5, 0.6) is 17.2 Å². The van der Waals surface area contributed by atoms with E-state index in [2.05, 4.69) is 16.7 Å². The van der Waals surface area contributed by atoms with Gasteiger partial charge < -0.3 is 23.7 Å². The van der Waals surface area contributed by atoms with E-state index in [-0.39, 0.29) is 46.9 Å². The molecule has 0 aliphatic carbocycles. The summed E-state index contributed by atoms with van der Waals surface area (Å²) < 4.78 is 21.6. The fraction of sp³-hybridized carbons (Fsp3) is 0.292. The second-order valence-electron chi connectivity index (χ2n) is 7.03. The van der Waals surface area contributed by atoms with Crippen LogP contribution in [-0.2, 0) is 4.74 Å².